The molecule has 0 aromatic carbocycles. The van der Waals surface area contributed by atoms with Crippen LogP contribution in [0, 0.1) is 20.8 Å². The van der Waals surface area contributed by atoms with E-state index in [0.717, 1.165) is 35.6 Å². The molecule has 3 heterocycles. The number of aromatic nitrogens is 3. The third kappa shape index (κ3) is 2.95. The van der Waals surface area contributed by atoms with Gasteiger partial charge in [0.1, 0.15) is 5.69 Å². The highest BCUT2D eigenvalue weighted by atomic mass is 32.1. The normalized spacial score (nSPS) is 11.7. The van der Waals surface area contributed by atoms with Crippen molar-refractivity contribution in [1.82, 2.24) is 14.6 Å². The van der Waals surface area contributed by atoms with Gasteiger partial charge < -0.3 is 4.90 Å². The Morgan fingerprint density at radius 1 is 1.16 bits per heavy atom. The number of anilines is 1. The molecule has 0 amide bonds. The van der Waals surface area contributed by atoms with E-state index in [1.807, 2.05) is 0 Å². The number of rotatable bonds is 5. The van der Waals surface area contributed by atoms with Crippen LogP contribution in [0.2, 0.25) is 0 Å². The van der Waals surface area contributed by atoms with Crippen molar-refractivity contribution >= 4 is 22.7 Å². The van der Waals surface area contributed by atoms with Crippen molar-refractivity contribution in [1.29, 1.82) is 0 Å². The van der Waals surface area contributed by atoms with E-state index in [1.165, 1.54) is 21.7 Å². The van der Waals surface area contributed by atoms with Gasteiger partial charge in [0.05, 0.1) is 22.0 Å². The molecule has 0 aliphatic heterocycles. The Morgan fingerprint density at radius 2 is 1.84 bits per heavy atom. The number of imidazole rings is 1. The van der Waals surface area contributed by atoms with Crippen molar-refractivity contribution in [2.45, 2.75) is 53.4 Å². The lowest BCUT2D eigenvalue weighted by Gasteiger charge is -2.15. The third-order valence-corrected chi connectivity index (χ3v) is 6.12. The van der Waals surface area contributed by atoms with E-state index in [0.29, 0.717) is 5.92 Å². The molecule has 0 spiro atoms. The first-order valence-corrected chi connectivity index (χ1v) is 9.89. The number of nitrogens with zero attached hydrogens (tertiary/aromatic N) is 4. The van der Waals surface area contributed by atoms with E-state index in [-0.39, 0.29) is 0 Å². The Balaban J connectivity index is 2.29. The van der Waals surface area contributed by atoms with Gasteiger partial charge in [-0.2, -0.15) is 5.10 Å². The minimum absolute atomic E-state index is 0.528. The van der Waals surface area contributed by atoms with E-state index in [4.69, 9.17) is 10.1 Å². The lowest BCUT2D eigenvalue weighted by molar-refractivity contribution is 0.638. The number of aryl methyl sites for hydroxylation is 2. The largest absolute Gasteiger partial charge is 0.377 e. The molecule has 4 nitrogen and oxygen atoms in total. The van der Waals surface area contributed by atoms with Gasteiger partial charge in [-0.3, -0.25) is 0 Å². The fourth-order valence-corrected chi connectivity index (χ4v) is 4.89. The van der Waals surface area contributed by atoms with Crippen LogP contribution in [0.25, 0.3) is 16.2 Å². The van der Waals surface area contributed by atoms with E-state index in [9.17, 15) is 0 Å². The highest BCUT2D eigenvalue weighted by molar-refractivity contribution is 7.14. The molecule has 3 aromatic heterocycles. The molecule has 0 aliphatic rings. The molecule has 5 heteroatoms. The molecule has 134 valence electrons. The van der Waals surface area contributed by atoms with Crippen LogP contribution in [-0.4, -0.2) is 28.7 Å². The number of thiophene rings is 1. The predicted octanol–water partition coefficient (Wildman–Crippen LogP) is 5.35. The fourth-order valence-electron chi connectivity index (χ4n) is 3.65. The van der Waals surface area contributed by atoms with Gasteiger partial charge in [-0.1, -0.05) is 13.8 Å². The summed E-state index contributed by atoms with van der Waals surface area (Å²) in [6, 6.07) is 2.22. The first-order valence-electron chi connectivity index (χ1n) is 9.01. The molecule has 0 unspecified atom stereocenters. The van der Waals surface area contributed by atoms with Gasteiger partial charge in [0, 0.05) is 25.0 Å². The van der Waals surface area contributed by atoms with E-state index in [2.05, 4.69) is 69.6 Å². The van der Waals surface area contributed by atoms with Crippen LogP contribution in [-0.2, 0) is 0 Å². The van der Waals surface area contributed by atoms with Crippen LogP contribution in [0.1, 0.15) is 55.1 Å². The van der Waals surface area contributed by atoms with Gasteiger partial charge in [0.15, 0.2) is 5.65 Å². The van der Waals surface area contributed by atoms with Gasteiger partial charge in [0.25, 0.3) is 0 Å². The van der Waals surface area contributed by atoms with Crippen molar-refractivity contribution in [3.63, 3.8) is 0 Å². The molecular formula is C20H28N4S. The van der Waals surface area contributed by atoms with E-state index >= 15 is 0 Å². The molecule has 3 aromatic rings. The molecule has 0 saturated carbocycles. The summed E-state index contributed by atoms with van der Waals surface area (Å²) in [6.45, 7) is 10.9. The fraction of sp³-hybridized carbons (Fsp3) is 0.500. The summed E-state index contributed by atoms with van der Waals surface area (Å²) >= 11 is 1.78. The van der Waals surface area contributed by atoms with Crippen molar-refractivity contribution < 1.29 is 0 Å². The standard InChI is InChI=1S/C20H28N4S/c1-8-15(9-2)16-10-12(3)22-24-18(14(5)21-20(16)24)19-13(4)17(11-25-19)23(6)7/h10-11,15H,8-9H2,1-7H3. The van der Waals surface area contributed by atoms with Gasteiger partial charge in [0.2, 0.25) is 0 Å². The van der Waals surface area contributed by atoms with Gasteiger partial charge in [-0.25, -0.2) is 9.50 Å². The monoisotopic (exact) mass is 356 g/mol. The maximum Gasteiger partial charge on any atom is 0.158 e. The highest BCUT2D eigenvalue weighted by Crippen LogP contribution is 2.39. The summed E-state index contributed by atoms with van der Waals surface area (Å²) in [4.78, 5) is 8.37. The number of hydrogen-bond donors (Lipinski definition) is 0. The molecule has 0 saturated heterocycles. The average Bonchev–Trinajstić information content (AvgIpc) is 3.08. The van der Waals surface area contributed by atoms with Crippen molar-refractivity contribution in [2.24, 2.45) is 0 Å². The zero-order valence-corrected chi connectivity index (χ0v) is 17.2. The minimum Gasteiger partial charge on any atom is -0.377 e. The summed E-state index contributed by atoms with van der Waals surface area (Å²) in [6.07, 6.45) is 2.25. The average molecular weight is 357 g/mol. The van der Waals surface area contributed by atoms with Crippen molar-refractivity contribution in [3.05, 3.63) is 34.0 Å². The highest BCUT2D eigenvalue weighted by Gasteiger charge is 2.22. The molecule has 0 atom stereocenters. The summed E-state index contributed by atoms with van der Waals surface area (Å²) in [7, 11) is 4.18. The second kappa shape index (κ2) is 6.79. The smallest absolute Gasteiger partial charge is 0.158 e. The number of fused-ring (bicyclic) bond motifs is 1. The zero-order valence-electron chi connectivity index (χ0n) is 16.3. The predicted molar refractivity (Wildman–Crippen MR) is 108 cm³/mol. The Labute approximate surface area is 154 Å². The third-order valence-electron chi connectivity index (χ3n) is 5.04. The lowest BCUT2D eigenvalue weighted by atomic mass is 9.95. The molecule has 25 heavy (non-hydrogen) atoms. The molecule has 0 fully saturated rings. The van der Waals surface area contributed by atoms with Crippen LogP contribution in [0.3, 0.4) is 0 Å². The molecule has 3 rings (SSSR count). The van der Waals surface area contributed by atoms with E-state index in [1.54, 1.807) is 11.3 Å². The second-order valence-electron chi connectivity index (χ2n) is 7.01. The van der Waals surface area contributed by atoms with Crippen LogP contribution in [0.15, 0.2) is 11.4 Å². The number of hydrogen-bond acceptors (Lipinski definition) is 4. The summed E-state index contributed by atoms with van der Waals surface area (Å²) < 4.78 is 2.08. The first-order chi connectivity index (χ1) is 11.9. The maximum absolute atomic E-state index is 4.94. The van der Waals surface area contributed by atoms with Gasteiger partial charge in [-0.05, 0) is 51.2 Å². The Hall–Kier alpha value is -1.88. The quantitative estimate of drug-likeness (QED) is 0.617. The van der Waals surface area contributed by atoms with Crippen LogP contribution >= 0.6 is 11.3 Å². The SMILES string of the molecule is CCC(CC)c1cc(C)nn2c(-c3scc(N(C)C)c3C)c(C)nc12. The molecule has 0 radical (unpaired) electrons. The van der Waals surface area contributed by atoms with Gasteiger partial charge in [-0.15, -0.1) is 11.3 Å². The van der Waals surface area contributed by atoms with Crippen LogP contribution < -0.4 is 4.90 Å². The second-order valence-corrected chi connectivity index (χ2v) is 7.88. The van der Waals surface area contributed by atoms with Crippen molar-refractivity contribution in [2.75, 3.05) is 19.0 Å². The summed E-state index contributed by atoms with van der Waals surface area (Å²) in [5, 5.41) is 7.05. The molecular weight excluding hydrogens is 328 g/mol. The van der Waals surface area contributed by atoms with Crippen molar-refractivity contribution in [3.8, 4) is 10.6 Å². The molecule has 0 N–H and O–H groups in total. The van der Waals surface area contributed by atoms with Crippen LogP contribution in [0.4, 0.5) is 5.69 Å². The first kappa shape index (κ1) is 17.9. The Kier molecular flexibility index (Phi) is 4.87. The minimum atomic E-state index is 0.528. The van der Waals surface area contributed by atoms with Crippen LogP contribution in [0.5, 0.6) is 0 Å². The zero-order chi connectivity index (χ0) is 18.3. The maximum atomic E-state index is 4.94. The lowest BCUT2D eigenvalue weighted by Crippen LogP contribution is -2.08. The van der Waals surface area contributed by atoms with E-state index < -0.39 is 0 Å². The van der Waals surface area contributed by atoms with Gasteiger partial charge >= 0.3 is 0 Å². The summed E-state index contributed by atoms with van der Waals surface area (Å²) in [5.74, 6) is 0.528. The Morgan fingerprint density at radius 3 is 2.40 bits per heavy atom. The Bertz CT molecular complexity index is 900. The summed E-state index contributed by atoms with van der Waals surface area (Å²) in [5.41, 5.74) is 8.16. The topological polar surface area (TPSA) is 33.4 Å². The molecule has 0 bridgehead atoms. The molecule has 0 aliphatic carbocycles.